The van der Waals surface area contributed by atoms with Gasteiger partial charge in [-0.2, -0.15) is 0 Å². The first-order valence-corrected chi connectivity index (χ1v) is 10.9. The van der Waals surface area contributed by atoms with Gasteiger partial charge in [0, 0.05) is 28.9 Å². The Labute approximate surface area is 182 Å². The van der Waals surface area contributed by atoms with Crippen LogP contribution in [0.25, 0.3) is 0 Å². The van der Waals surface area contributed by atoms with E-state index in [9.17, 15) is 9.59 Å². The molecule has 1 fully saturated rings. The number of hydrogen-bond donors (Lipinski definition) is 4. The topological polar surface area (TPSA) is 93.7 Å². The van der Waals surface area contributed by atoms with Crippen LogP contribution >= 0.6 is 0 Å². The molecule has 2 aromatic carbocycles. The second-order valence-corrected chi connectivity index (χ2v) is 8.65. The highest BCUT2D eigenvalue weighted by Gasteiger charge is 2.24. The Morgan fingerprint density at radius 1 is 0.968 bits per heavy atom. The summed E-state index contributed by atoms with van der Waals surface area (Å²) in [7, 11) is 2.11. The number of fused-ring (bicyclic) bond motifs is 1. The van der Waals surface area contributed by atoms with Gasteiger partial charge in [0.05, 0.1) is 0 Å². The van der Waals surface area contributed by atoms with Gasteiger partial charge in [-0.15, -0.1) is 0 Å². The first-order valence-electron chi connectivity index (χ1n) is 10.9. The van der Waals surface area contributed by atoms with E-state index in [0.29, 0.717) is 12.0 Å². The van der Waals surface area contributed by atoms with Gasteiger partial charge in [-0.25, -0.2) is 5.48 Å². The molecule has 2 aromatic rings. The number of piperidine rings is 1. The van der Waals surface area contributed by atoms with E-state index >= 15 is 0 Å². The average molecular weight is 423 g/mol. The molecule has 1 saturated heterocycles. The molecule has 1 atom stereocenters. The molecule has 2 aliphatic rings. The molecule has 1 heterocycles. The van der Waals surface area contributed by atoms with Crippen LogP contribution in [0.4, 0.5) is 11.4 Å². The van der Waals surface area contributed by atoms with Crippen molar-refractivity contribution in [3.05, 3.63) is 59.2 Å². The zero-order valence-electron chi connectivity index (χ0n) is 17.9. The van der Waals surface area contributed by atoms with Gasteiger partial charge in [0.1, 0.15) is 0 Å². The maximum atomic E-state index is 12.5. The van der Waals surface area contributed by atoms with Crippen LogP contribution in [0.15, 0.2) is 42.5 Å². The molecule has 7 nitrogen and oxygen atoms in total. The van der Waals surface area contributed by atoms with Gasteiger partial charge in [-0.05, 0) is 99.8 Å². The summed E-state index contributed by atoms with van der Waals surface area (Å²) < 4.78 is 0. The summed E-state index contributed by atoms with van der Waals surface area (Å²) in [4.78, 5) is 26.5. The highest BCUT2D eigenvalue weighted by molar-refractivity contribution is 5.94. The molecule has 0 aromatic heterocycles. The van der Waals surface area contributed by atoms with Crippen LogP contribution in [0.1, 0.15) is 40.7 Å². The highest BCUT2D eigenvalue weighted by Crippen LogP contribution is 2.29. The lowest BCUT2D eigenvalue weighted by atomic mass is 9.83. The monoisotopic (exact) mass is 422 g/mol. The zero-order chi connectivity index (χ0) is 21.8. The first kappa shape index (κ1) is 21.3. The summed E-state index contributed by atoms with van der Waals surface area (Å²) in [5.41, 5.74) is 6.70. The summed E-state index contributed by atoms with van der Waals surface area (Å²) in [6.07, 6.45) is 4.16. The fourth-order valence-electron chi connectivity index (χ4n) is 4.44. The van der Waals surface area contributed by atoms with Crippen molar-refractivity contribution < 1.29 is 14.8 Å². The van der Waals surface area contributed by atoms with Crippen LogP contribution in [0, 0.1) is 5.92 Å². The van der Waals surface area contributed by atoms with Gasteiger partial charge in [-0.1, -0.05) is 6.07 Å². The SMILES string of the molecule is CN1CCC(NC(=O)c2ccc(Nc3ccc4c(c3)CCC(C(=O)NO)C4)cc2)CC1. The number of nitrogens with one attached hydrogen (secondary N) is 3. The Bertz CT molecular complexity index is 936. The van der Waals surface area contributed by atoms with E-state index in [1.807, 2.05) is 36.4 Å². The first-order chi connectivity index (χ1) is 15.0. The minimum absolute atomic E-state index is 0.0173. The third-order valence-corrected chi connectivity index (χ3v) is 6.41. The molecule has 1 unspecified atom stereocenters. The lowest BCUT2D eigenvalue weighted by molar-refractivity contribution is -0.133. The quantitative estimate of drug-likeness (QED) is 0.439. The van der Waals surface area contributed by atoms with Crippen molar-refractivity contribution in [1.82, 2.24) is 15.7 Å². The van der Waals surface area contributed by atoms with E-state index in [1.165, 1.54) is 5.56 Å². The molecule has 0 radical (unpaired) electrons. The molecule has 1 aliphatic heterocycles. The number of hydroxylamine groups is 1. The predicted molar refractivity (Wildman–Crippen MR) is 120 cm³/mol. The van der Waals surface area contributed by atoms with Crippen molar-refractivity contribution in [2.24, 2.45) is 5.92 Å². The van der Waals surface area contributed by atoms with Gasteiger partial charge in [0.15, 0.2) is 0 Å². The molecule has 0 spiro atoms. The summed E-state index contributed by atoms with van der Waals surface area (Å²) in [6, 6.07) is 13.9. The molecule has 4 N–H and O–H groups in total. The number of likely N-dealkylation sites (tertiary alicyclic amines) is 1. The minimum Gasteiger partial charge on any atom is -0.356 e. The van der Waals surface area contributed by atoms with Gasteiger partial charge in [0.25, 0.3) is 5.91 Å². The Hall–Kier alpha value is -2.90. The van der Waals surface area contributed by atoms with E-state index in [2.05, 4.69) is 28.6 Å². The van der Waals surface area contributed by atoms with Crippen LogP contribution in [0.5, 0.6) is 0 Å². The molecule has 1 aliphatic carbocycles. The summed E-state index contributed by atoms with van der Waals surface area (Å²) in [5.74, 6) is -0.506. The number of aryl methyl sites for hydroxylation is 1. The third-order valence-electron chi connectivity index (χ3n) is 6.41. The molecular formula is C24H30N4O3. The zero-order valence-corrected chi connectivity index (χ0v) is 17.9. The van der Waals surface area contributed by atoms with Gasteiger partial charge in [-0.3, -0.25) is 14.8 Å². The number of carbonyl (C=O) groups excluding carboxylic acids is 2. The maximum Gasteiger partial charge on any atom is 0.251 e. The van der Waals surface area contributed by atoms with Crippen molar-refractivity contribution in [3.8, 4) is 0 Å². The number of nitrogens with zero attached hydrogens (tertiary/aromatic N) is 1. The number of amides is 2. The van der Waals surface area contributed by atoms with Crippen molar-refractivity contribution in [2.45, 2.75) is 38.1 Å². The molecular weight excluding hydrogens is 392 g/mol. The fraction of sp³-hybridized carbons (Fsp3) is 0.417. The molecule has 0 bridgehead atoms. The maximum absolute atomic E-state index is 12.5. The second-order valence-electron chi connectivity index (χ2n) is 8.65. The molecule has 164 valence electrons. The largest absolute Gasteiger partial charge is 0.356 e. The summed E-state index contributed by atoms with van der Waals surface area (Å²) in [5, 5.41) is 15.4. The minimum atomic E-state index is -0.312. The van der Waals surface area contributed by atoms with Gasteiger partial charge < -0.3 is 15.5 Å². The molecule has 0 saturated carbocycles. The fourth-order valence-corrected chi connectivity index (χ4v) is 4.44. The normalized spacial score (nSPS) is 19.4. The number of hydrogen-bond acceptors (Lipinski definition) is 5. The standard InChI is InChI=1S/C24H30N4O3/c1-28-12-10-21(11-13-28)26-23(29)16-4-7-20(8-5-16)25-22-9-6-17-14-19(24(30)27-31)3-2-18(17)15-22/h4-9,15,19,21,25,31H,2-3,10-14H2,1H3,(H,26,29)(H,27,30). The third kappa shape index (κ3) is 5.24. The molecule has 7 heteroatoms. The van der Waals surface area contributed by atoms with Gasteiger partial charge >= 0.3 is 0 Å². The van der Waals surface area contributed by atoms with E-state index in [0.717, 1.165) is 55.7 Å². The van der Waals surface area contributed by atoms with Crippen molar-refractivity contribution >= 4 is 23.2 Å². The van der Waals surface area contributed by atoms with Crippen LogP contribution in [0.3, 0.4) is 0 Å². The van der Waals surface area contributed by atoms with Crippen molar-refractivity contribution in [2.75, 3.05) is 25.5 Å². The number of anilines is 2. The van der Waals surface area contributed by atoms with Crippen molar-refractivity contribution in [3.63, 3.8) is 0 Å². The van der Waals surface area contributed by atoms with Crippen LogP contribution in [-0.2, 0) is 17.6 Å². The van der Waals surface area contributed by atoms with Crippen LogP contribution < -0.4 is 16.1 Å². The summed E-state index contributed by atoms with van der Waals surface area (Å²) >= 11 is 0. The number of rotatable bonds is 5. The molecule has 2 amide bonds. The number of benzene rings is 2. The van der Waals surface area contributed by atoms with E-state index in [-0.39, 0.29) is 23.8 Å². The van der Waals surface area contributed by atoms with Crippen LogP contribution in [-0.4, -0.2) is 48.1 Å². The molecule has 4 rings (SSSR count). The highest BCUT2D eigenvalue weighted by atomic mass is 16.5. The van der Waals surface area contributed by atoms with Crippen molar-refractivity contribution in [1.29, 1.82) is 0 Å². The Kier molecular flexibility index (Phi) is 6.53. The predicted octanol–water partition coefficient (Wildman–Crippen LogP) is 2.86. The second kappa shape index (κ2) is 9.49. The van der Waals surface area contributed by atoms with E-state index in [4.69, 9.17) is 5.21 Å². The summed E-state index contributed by atoms with van der Waals surface area (Å²) in [6.45, 7) is 2.04. The molecule has 31 heavy (non-hydrogen) atoms. The van der Waals surface area contributed by atoms with E-state index < -0.39 is 0 Å². The number of carbonyl (C=O) groups is 2. The Morgan fingerprint density at radius 2 is 1.68 bits per heavy atom. The lowest BCUT2D eigenvalue weighted by Gasteiger charge is -2.29. The lowest BCUT2D eigenvalue weighted by Crippen LogP contribution is -2.43. The average Bonchev–Trinajstić information content (AvgIpc) is 2.80. The van der Waals surface area contributed by atoms with Crippen LogP contribution in [0.2, 0.25) is 0 Å². The Morgan fingerprint density at radius 3 is 2.39 bits per heavy atom. The van der Waals surface area contributed by atoms with E-state index in [1.54, 1.807) is 5.48 Å². The van der Waals surface area contributed by atoms with Gasteiger partial charge in [0.2, 0.25) is 5.91 Å². The Balaban J connectivity index is 1.35. The smallest absolute Gasteiger partial charge is 0.251 e.